The Morgan fingerprint density at radius 1 is 0.704 bits per heavy atom. The molecule has 1 aliphatic heterocycles. The maximum absolute atomic E-state index is 13.3. The summed E-state index contributed by atoms with van der Waals surface area (Å²) in [5.74, 6) is -0.0571. The lowest BCUT2D eigenvalue weighted by molar-refractivity contribution is -0.122. The summed E-state index contributed by atoms with van der Waals surface area (Å²) in [5, 5.41) is 2.01. The highest BCUT2D eigenvalue weighted by molar-refractivity contribution is 6.25. The fraction of sp³-hybridized carbons (Fsp3) is 0.250. The molecule has 0 spiro atoms. The molecule has 2 aliphatic rings. The van der Waals surface area contributed by atoms with Gasteiger partial charge in [-0.3, -0.25) is 9.59 Å². The molecule has 3 unspecified atom stereocenters. The predicted molar refractivity (Wildman–Crippen MR) is 106 cm³/mol. The van der Waals surface area contributed by atoms with Crippen molar-refractivity contribution in [2.24, 2.45) is 11.8 Å². The van der Waals surface area contributed by atoms with Gasteiger partial charge in [0.2, 0.25) is 11.8 Å². The number of amides is 2. The number of nitrogens with zero attached hydrogens (tertiary/aromatic N) is 1. The number of imide groups is 1. The van der Waals surface area contributed by atoms with Gasteiger partial charge in [0.25, 0.3) is 0 Å². The highest BCUT2D eigenvalue weighted by Crippen LogP contribution is 2.46. The van der Waals surface area contributed by atoms with Crippen molar-refractivity contribution in [1.29, 1.82) is 0 Å². The van der Waals surface area contributed by atoms with Crippen LogP contribution in [0.3, 0.4) is 0 Å². The lowest BCUT2D eigenvalue weighted by Gasteiger charge is -2.28. The number of hydrogen-bond acceptors (Lipinski definition) is 2. The zero-order chi connectivity index (χ0) is 18.4. The van der Waals surface area contributed by atoms with Crippen LogP contribution < -0.4 is 4.90 Å². The van der Waals surface area contributed by atoms with Crippen LogP contribution in [-0.4, -0.2) is 11.8 Å². The number of carbonyl (C=O) groups excluding carboxylic acids is 2. The van der Waals surface area contributed by atoms with Crippen molar-refractivity contribution in [2.75, 3.05) is 4.90 Å². The average molecular weight is 355 g/mol. The van der Waals surface area contributed by atoms with Crippen LogP contribution in [0.1, 0.15) is 30.7 Å². The second kappa shape index (κ2) is 6.34. The molecule has 3 atom stereocenters. The number of carbonyl (C=O) groups is 2. The van der Waals surface area contributed by atoms with Crippen molar-refractivity contribution in [3.8, 4) is 0 Å². The summed E-state index contributed by atoms with van der Waals surface area (Å²) in [6.07, 6.45) is 2.52. The SMILES string of the molecule is O=C1C2CCC(c3ccccc3)CC2C(=O)N1c1cccc2ccccc12. The molecular formula is C24H21NO2. The van der Waals surface area contributed by atoms with Crippen molar-refractivity contribution < 1.29 is 9.59 Å². The maximum Gasteiger partial charge on any atom is 0.237 e. The zero-order valence-corrected chi connectivity index (χ0v) is 15.0. The molecule has 134 valence electrons. The van der Waals surface area contributed by atoms with Crippen LogP contribution in [0, 0.1) is 11.8 Å². The van der Waals surface area contributed by atoms with Crippen LogP contribution in [0.2, 0.25) is 0 Å². The smallest absolute Gasteiger partial charge is 0.237 e. The highest BCUT2D eigenvalue weighted by atomic mass is 16.2. The zero-order valence-electron chi connectivity index (χ0n) is 15.0. The molecule has 1 saturated heterocycles. The van der Waals surface area contributed by atoms with Crippen LogP contribution in [-0.2, 0) is 9.59 Å². The molecule has 3 heteroatoms. The summed E-state index contributed by atoms with van der Waals surface area (Å²) >= 11 is 0. The van der Waals surface area contributed by atoms with E-state index in [1.807, 2.05) is 60.7 Å². The van der Waals surface area contributed by atoms with Gasteiger partial charge in [0.05, 0.1) is 17.5 Å². The van der Waals surface area contributed by atoms with Gasteiger partial charge in [0, 0.05) is 5.39 Å². The molecule has 1 aliphatic carbocycles. The first-order chi connectivity index (χ1) is 13.2. The van der Waals surface area contributed by atoms with Gasteiger partial charge < -0.3 is 0 Å². The quantitative estimate of drug-likeness (QED) is 0.612. The molecule has 3 aromatic rings. The lowest BCUT2D eigenvalue weighted by atomic mass is 9.73. The fourth-order valence-corrected chi connectivity index (χ4v) is 4.85. The summed E-state index contributed by atoms with van der Waals surface area (Å²) in [7, 11) is 0. The van der Waals surface area contributed by atoms with Gasteiger partial charge >= 0.3 is 0 Å². The lowest BCUT2D eigenvalue weighted by Crippen LogP contribution is -2.31. The molecule has 0 bridgehead atoms. The Bertz CT molecular complexity index is 1020. The minimum absolute atomic E-state index is 0.0205. The van der Waals surface area contributed by atoms with Gasteiger partial charge in [0.1, 0.15) is 0 Å². The summed E-state index contributed by atoms with van der Waals surface area (Å²) in [6, 6.07) is 24.1. The number of anilines is 1. The third-order valence-electron chi connectivity index (χ3n) is 6.20. The van der Waals surface area contributed by atoms with Crippen molar-refractivity contribution in [3.05, 3.63) is 78.4 Å². The minimum atomic E-state index is -0.199. The first kappa shape index (κ1) is 16.2. The maximum atomic E-state index is 13.3. The van der Waals surface area contributed by atoms with E-state index in [9.17, 15) is 9.59 Å². The Hall–Kier alpha value is -2.94. The van der Waals surface area contributed by atoms with E-state index >= 15 is 0 Å². The molecule has 3 nitrogen and oxygen atoms in total. The normalized spacial score (nSPS) is 25.0. The molecular weight excluding hydrogens is 334 g/mol. The van der Waals surface area contributed by atoms with E-state index in [-0.39, 0.29) is 23.7 Å². The van der Waals surface area contributed by atoms with E-state index in [0.29, 0.717) is 5.92 Å². The van der Waals surface area contributed by atoms with Crippen LogP contribution >= 0.6 is 0 Å². The van der Waals surface area contributed by atoms with Crippen molar-refractivity contribution in [3.63, 3.8) is 0 Å². The van der Waals surface area contributed by atoms with E-state index in [1.165, 1.54) is 10.5 Å². The molecule has 0 aromatic heterocycles. The molecule has 1 saturated carbocycles. The first-order valence-corrected chi connectivity index (χ1v) is 9.64. The summed E-state index contributed by atoms with van der Waals surface area (Å²) in [4.78, 5) is 27.9. The largest absolute Gasteiger partial charge is 0.274 e. The van der Waals surface area contributed by atoms with Crippen LogP contribution in [0.5, 0.6) is 0 Å². The summed E-state index contributed by atoms with van der Waals surface area (Å²) in [5.41, 5.74) is 2.01. The predicted octanol–water partition coefficient (Wildman–Crippen LogP) is 4.91. The topological polar surface area (TPSA) is 37.4 Å². The van der Waals surface area contributed by atoms with Gasteiger partial charge in [-0.1, -0.05) is 66.7 Å². The van der Waals surface area contributed by atoms with Gasteiger partial charge in [-0.15, -0.1) is 0 Å². The van der Waals surface area contributed by atoms with Crippen LogP contribution in [0.25, 0.3) is 10.8 Å². The molecule has 0 radical (unpaired) electrons. The summed E-state index contributed by atoms with van der Waals surface area (Å²) < 4.78 is 0. The van der Waals surface area contributed by atoms with E-state index in [4.69, 9.17) is 0 Å². The Morgan fingerprint density at radius 2 is 1.41 bits per heavy atom. The second-order valence-corrected chi connectivity index (χ2v) is 7.64. The number of hydrogen-bond donors (Lipinski definition) is 0. The van der Waals surface area contributed by atoms with E-state index in [2.05, 4.69) is 12.1 Å². The van der Waals surface area contributed by atoms with Crippen LogP contribution in [0.15, 0.2) is 72.8 Å². The first-order valence-electron chi connectivity index (χ1n) is 9.64. The number of benzene rings is 3. The Kier molecular flexibility index (Phi) is 3.82. The Labute approximate surface area is 158 Å². The van der Waals surface area contributed by atoms with Gasteiger partial charge in [-0.2, -0.15) is 0 Å². The molecule has 3 aromatic carbocycles. The molecule has 5 rings (SSSR count). The Balaban J connectivity index is 1.50. The highest BCUT2D eigenvalue weighted by Gasteiger charge is 2.50. The van der Waals surface area contributed by atoms with Crippen molar-refractivity contribution in [2.45, 2.75) is 25.2 Å². The molecule has 0 N–H and O–H groups in total. The third kappa shape index (κ3) is 2.57. The molecule has 2 amide bonds. The number of rotatable bonds is 2. The van der Waals surface area contributed by atoms with Gasteiger partial charge in [0.15, 0.2) is 0 Å². The molecule has 2 fully saturated rings. The van der Waals surface area contributed by atoms with Crippen molar-refractivity contribution >= 4 is 28.3 Å². The molecule has 1 heterocycles. The standard InChI is InChI=1S/C24H21NO2/c26-23-20-14-13-18(16-7-2-1-3-8-16)15-21(20)24(27)25(23)22-12-6-10-17-9-4-5-11-19(17)22/h1-12,18,20-21H,13-15H2. The van der Waals surface area contributed by atoms with Crippen LogP contribution in [0.4, 0.5) is 5.69 Å². The van der Waals surface area contributed by atoms with Gasteiger partial charge in [-0.05, 0) is 42.2 Å². The second-order valence-electron chi connectivity index (χ2n) is 7.64. The van der Waals surface area contributed by atoms with E-state index in [1.54, 1.807) is 0 Å². The minimum Gasteiger partial charge on any atom is -0.274 e. The fourth-order valence-electron chi connectivity index (χ4n) is 4.85. The Morgan fingerprint density at radius 3 is 2.26 bits per heavy atom. The van der Waals surface area contributed by atoms with Crippen molar-refractivity contribution in [1.82, 2.24) is 0 Å². The summed E-state index contributed by atoms with van der Waals surface area (Å²) in [6.45, 7) is 0. The van der Waals surface area contributed by atoms with E-state index in [0.717, 1.165) is 35.7 Å². The monoisotopic (exact) mass is 355 g/mol. The van der Waals surface area contributed by atoms with E-state index < -0.39 is 0 Å². The number of fused-ring (bicyclic) bond motifs is 2. The molecule has 27 heavy (non-hydrogen) atoms. The average Bonchev–Trinajstić information content (AvgIpc) is 2.98. The van der Waals surface area contributed by atoms with Gasteiger partial charge in [-0.25, -0.2) is 4.90 Å². The third-order valence-corrected chi connectivity index (χ3v) is 6.20.